The number of esters is 4. The molecule has 31 heavy (non-hydrogen) atoms. The van der Waals surface area contributed by atoms with Crippen LogP contribution in [-0.4, -0.2) is 61.2 Å². The summed E-state index contributed by atoms with van der Waals surface area (Å²) in [6.07, 6.45) is -6.06. The molecule has 1 aliphatic rings. The topological polar surface area (TPSA) is 124 Å². The number of carbonyl (C=O) groups is 4. The first kappa shape index (κ1) is 24.9. The van der Waals surface area contributed by atoms with E-state index in [1.165, 1.54) is 13.8 Å². The van der Waals surface area contributed by atoms with E-state index in [0.717, 1.165) is 17.4 Å². The van der Waals surface area contributed by atoms with E-state index in [1.807, 2.05) is 0 Å². The summed E-state index contributed by atoms with van der Waals surface area (Å²) in [5.41, 5.74) is 0. The molecule has 11 heteroatoms. The Kier molecular flexibility index (Phi) is 9.04. The maximum Gasteiger partial charge on any atom is 0.303 e. The lowest BCUT2D eigenvalue weighted by Gasteiger charge is -2.43. The van der Waals surface area contributed by atoms with Crippen LogP contribution in [0.15, 0.2) is 24.3 Å². The lowest BCUT2D eigenvalue weighted by molar-refractivity contribution is -0.288. The van der Waals surface area contributed by atoms with E-state index in [2.05, 4.69) is 22.6 Å². The van der Waals surface area contributed by atoms with Crippen LogP contribution in [0.4, 0.5) is 0 Å². The predicted molar refractivity (Wildman–Crippen MR) is 112 cm³/mol. The van der Waals surface area contributed by atoms with Crippen molar-refractivity contribution in [2.24, 2.45) is 0 Å². The first-order chi connectivity index (χ1) is 14.6. The fourth-order valence-electron chi connectivity index (χ4n) is 2.93. The molecule has 1 aliphatic heterocycles. The Hall–Kier alpha value is -2.41. The van der Waals surface area contributed by atoms with Crippen LogP contribution in [0.25, 0.3) is 0 Å². The van der Waals surface area contributed by atoms with Gasteiger partial charge in [-0.2, -0.15) is 0 Å². The molecule has 1 heterocycles. The van der Waals surface area contributed by atoms with Crippen molar-refractivity contribution in [2.75, 3.05) is 6.61 Å². The molecule has 0 aromatic heterocycles. The number of ether oxygens (including phenoxy) is 6. The predicted octanol–water partition coefficient (Wildman–Crippen LogP) is 1.75. The van der Waals surface area contributed by atoms with Gasteiger partial charge in [0.1, 0.15) is 18.5 Å². The van der Waals surface area contributed by atoms with Crippen LogP contribution in [0.3, 0.4) is 0 Å². The third-order valence-electron chi connectivity index (χ3n) is 4.01. The minimum absolute atomic E-state index is 0.315. The summed E-state index contributed by atoms with van der Waals surface area (Å²) >= 11 is 2.13. The third kappa shape index (κ3) is 7.65. The van der Waals surface area contributed by atoms with E-state index in [9.17, 15) is 19.2 Å². The van der Waals surface area contributed by atoms with E-state index in [-0.39, 0.29) is 6.61 Å². The molecule has 170 valence electrons. The normalized spacial score (nSPS) is 25.1. The van der Waals surface area contributed by atoms with Crippen LogP contribution < -0.4 is 4.74 Å². The summed E-state index contributed by atoms with van der Waals surface area (Å²) in [7, 11) is 0. The number of carbonyl (C=O) groups excluding carboxylic acids is 4. The average Bonchev–Trinajstić information content (AvgIpc) is 2.65. The summed E-state index contributed by atoms with van der Waals surface area (Å²) in [6.45, 7) is 4.36. The van der Waals surface area contributed by atoms with E-state index in [0.29, 0.717) is 5.75 Å². The summed E-state index contributed by atoms with van der Waals surface area (Å²) in [5, 5.41) is 0. The van der Waals surface area contributed by atoms with Gasteiger partial charge in [0.2, 0.25) is 12.4 Å². The molecule has 0 N–H and O–H groups in total. The molecule has 1 aromatic rings. The van der Waals surface area contributed by atoms with Crippen molar-refractivity contribution in [1.29, 1.82) is 0 Å². The monoisotopic (exact) mass is 550 g/mol. The largest absolute Gasteiger partial charge is 0.463 e. The lowest BCUT2D eigenvalue weighted by Crippen LogP contribution is -2.63. The van der Waals surface area contributed by atoms with E-state index >= 15 is 0 Å². The van der Waals surface area contributed by atoms with Crippen molar-refractivity contribution < 1.29 is 47.6 Å². The summed E-state index contributed by atoms with van der Waals surface area (Å²) in [4.78, 5) is 46.5. The second-order valence-corrected chi connectivity index (χ2v) is 7.89. The first-order valence-electron chi connectivity index (χ1n) is 9.29. The average molecular weight is 550 g/mol. The second kappa shape index (κ2) is 11.3. The van der Waals surface area contributed by atoms with Crippen molar-refractivity contribution in [3.05, 3.63) is 27.8 Å². The van der Waals surface area contributed by atoms with Gasteiger partial charge >= 0.3 is 23.9 Å². The molecule has 0 bridgehead atoms. The van der Waals surface area contributed by atoms with Gasteiger partial charge < -0.3 is 28.4 Å². The quantitative estimate of drug-likeness (QED) is 0.282. The Morgan fingerprint density at radius 1 is 0.806 bits per heavy atom. The van der Waals surface area contributed by atoms with Gasteiger partial charge in [-0.15, -0.1) is 0 Å². The molecule has 0 aliphatic carbocycles. The molecule has 2 unspecified atom stereocenters. The zero-order chi connectivity index (χ0) is 23.1. The van der Waals surface area contributed by atoms with Crippen molar-refractivity contribution in [3.8, 4) is 5.75 Å². The maximum atomic E-state index is 11.8. The van der Waals surface area contributed by atoms with Crippen LogP contribution in [0.5, 0.6) is 5.75 Å². The first-order valence-corrected chi connectivity index (χ1v) is 10.4. The Balaban J connectivity index is 2.43. The highest BCUT2D eigenvalue weighted by atomic mass is 127. The number of hydrogen-bond donors (Lipinski definition) is 0. The number of hydrogen-bond acceptors (Lipinski definition) is 10. The summed E-state index contributed by atoms with van der Waals surface area (Å²) < 4.78 is 33.7. The highest BCUT2D eigenvalue weighted by molar-refractivity contribution is 14.1. The summed E-state index contributed by atoms with van der Waals surface area (Å²) in [5.74, 6) is -2.30. The van der Waals surface area contributed by atoms with Crippen LogP contribution in [0.1, 0.15) is 27.7 Å². The zero-order valence-corrected chi connectivity index (χ0v) is 19.5. The smallest absolute Gasteiger partial charge is 0.303 e. The molecular weight excluding hydrogens is 527 g/mol. The number of halogens is 1. The SMILES string of the molecule is CC(=O)OCC1O[C@@H](Oc2ccc(I)cc2)C(OC(C)=O)[C@H](OC(C)=O)[C@@H]1OC(C)=O. The molecule has 2 rings (SSSR count). The van der Waals surface area contributed by atoms with Gasteiger partial charge in [-0.1, -0.05) is 0 Å². The minimum Gasteiger partial charge on any atom is -0.463 e. The highest BCUT2D eigenvalue weighted by Gasteiger charge is 2.53. The van der Waals surface area contributed by atoms with E-state index in [4.69, 9.17) is 28.4 Å². The lowest BCUT2D eigenvalue weighted by atomic mass is 9.98. The Labute approximate surface area is 192 Å². The van der Waals surface area contributed by atoms with Crippen molar-refractivity contribution >= 4 is 46.5 Å². The Morgan fingerprint density at radius 2 is 1.32 bits per heavy atom. The molecule has 10 nitrogen and oxygen atoms in total. The number of benzene rings is 1. The second-order valence-electron chi connectivity index (χ2n) is 6.64. The molecule has 0 radical (unpaired) electrons. The molecule has 0 amide bonds. The molecule has 5 atom stereocenters. The molecule has 1 aromatic carbocycles. The van der Waals surface area contributed by atoms with E-state index in [1.54, 1.807) is 24.3 Å². The van der Waals surface area contributed by atoms with Gasteiger partial charge in [0.15, 0.2) is 12.2 Å². The molecular formula is C20H23IO10. The van der Waals surface area contributed by atoms with Gasteiger partial charge in [0.05, 0.1) is 0 Å². The van der Waals surface area contributed by atoms with Crippen LogP contribution in [-0.2, 0) is 42.9 Å². The number of rotatable bonds is 7. The van der Waals surface area contributed by atoms with Gasteiger partial charge in [0, 0.05) is 31.3 Å². The van der Waals surface area contributed by atoms with Crippen molar-refractivity contribution in [2.45, 2.75) is 58.4 Å². The molecule has 0 saturated carbocycles. The van der Waals surface area contributed by atoms with Crippen molar-refractivity contribution in [1.82, 2.24) is 0 Å². The third-order valence-corrected chi connectivity index (χ3v) is 4.73. The molecule has 1 fully saturated rings. The van der Waals surface area contributed by atoms with Gasteiger partial charge in [-0.05, 0) is 46.9 Å². The summed E-state index contributed by atoms with van der Waals surface area (Å²) in [6, 6.07) is 6.94. The van der Waals surface area contributed by atoms with Crippen LogP contribution >= 0.6 is 22.6 Å². The standard InChI is InChI=1S/C20H23IO10/c1-10(22)26-9-16-17(27-11(2)23)18(28-12(3)24)19(29-13(4)25)20(31-16)30-15-7-5-14(21)6-8-15/h5-8,16-20H,9H2,1-4H3/t16?,17-,18-,19?,20-/m1/s1. The molecule has 1 saturated heterocycles. The van der Waals surface area contributed by atoms with Gasteiger partial charge in [0.25, 0.3) is 0 Å². The zero-order valence-electron chi connectivity index (χ0n) is 17.4. The maximum absolute atomic E-state index is 11.8. The van der Waals surface area contributed by atoms with Crippen LogP contribution in [0, 0.1) is 3.57 Å². The van der Waals surface area contributed by atoms with E-state index < -0.39 is 54.6 Å². The fourth-order valence-corrected chi connectivity index (χ4v) is 3.29. The van der Waals surface area contributed by atoms with Gasteiger partial charge in [-0.3, -0.25) is 19.2 Å². The minimum atomic E-state index is -1.27. The van der Waals surface area contributed by atoms with Crippen LogP contribution in [0.2, 0.25) is 0 Å². The molecule has 0 spiro atoms. The highest BCUT2D eigenvalue weighted by Crippen LogP contribution is 2.31. The Bertz CT molecular complexity index is 809. The van der Waals surface area contributed by atoms with Crippen molar-refractivity contribution in [3.63, 3.8) is 0 Å². The Morgan fingerprint density at radius 3 is 1.84 bits per heavy atom. The van der Waals surface area contributed by atoms with Gasteiger partial charge in [-0.25, -0.2) is 0 Å². The fraction of sp³-hybridized carbons (Fsp3) is 0.500.